The smallest absolute Gasteiger partial charge is 0.329 e. The fraction of sp³-hybridized carbons (Fsp3) is 0.636. The number of nitrogens with two attached hydrogens (primary N) is 1. The molecule has 1 aliphatic carbocycles. The van der Waals surface area contributed by atoms with Gasteiger partial charge in [0.05, 0.1) is 11.5 Å². The third-order valence-electron chi connectivity index (χ3n) is 3.62. The molecule has 0 saturated heterocycles. The summed E-state index contributed by atoms with van der Waals surface area (Å²) in [6.07, 6.45) is 5.03. The lowest BCUT2D eigenvalue weighted by molar-refractivity contribution is -0.384. The maximum absolute atomic E-state index is 10.9. The van der Waals surface area contributed by atoms with E-state index in [1.807, 2.05) is 0 Å². The van der Waals surface area contributed by atoms with Crippen LogP contribution in [0.1, 0.15) is 25.7 Å². The van der Waals surface area contributed by atoms with E-state index in [-0.39, 0.29) is 29.5 Å². The molecule has 1 aromatic rings. The fourth-order valence-corrected chi connectivity index (χ4v) is 2.44. The minimum Gasteiger partial charge on any atom is -0.396 e. The van der Waals surface area contributed by atoms with Gasteiger partial charge in [0.1, 0.15) is 6.20 Å². The van der Waals surface area contributed by atoms with Crippen molar-refractivity contribution >= 4 is 17.5 Å². The summed E-state index contributed by atoms with van der Waals surface area (Å²) in [6.45, 7) is 0.509. The van der Waals surface area contributed by atoms with Crippen LogP contribution in [0.4, 0.5) is 17.5 Å². The highest BCUT2D eigenvalue weighted by Gasteiger charge is 2.33. The van der Waals surface area contributed by atoms with Crippen LogP contribution in [-0.2, 0) is 0 Å². The monoisotopic (exact) mass is 267 g/mol. The molecule has 1 aliphatic rings. The average Bonchev–Trinajstić information content (AvgIpc) is 2.85. The highest BCUT2D eigenvalue weighted by Crippen LogP contribution is 2.38. The number of hydrogen-bond donors (Lipinski definition) is 3. The average molecular weight is 267 g/mol. The summed E-state index contributed by atoms with van der Waals surface area (Å²) in [4.78, 5) is 17.8. The normalized spacial score (nSPS) is 17.3. The van der Waals surface area contributed by atoms with Crippen molar-refractivity contribution in [2.45, 2.75) is 25.7 Å². The second-order valence-electron chi connectivity index (χ2n) is 4.94. The molecule has 1 fully saturated rings. The van der Waals surface area contributed by atoms with Crippen molar-refractivity contribution in [2.24, 2.45) is 5.41 Å². The molecule has 0 aromatic carbocycles. The molecule has 104 valence electrons. The Labute approximate surface area is 110 Å². The molecule has 0 aliphatic heterocycles. The minimum atomic E-state index is -0.554. The number of nitro groups is 1. The van der Waals surface area contributed by atoms with Crippen molar-refractivity contribution in [3.8, 4) is 0 Å². The summed E-state index contributed by atoms with van der Waals surface area (Å²) in [5, 5.41) is 23.3. The van der Waals surface area contributed by atoms with Crippen molar-refractivity contribution in [3.05, 3.63) is 16.3 Å². The van der Waals surface area contributed by atoms with E-state index in [0.717, 1.165) is 31.9 Å². The maximum atomic E-state index is 10.9. The van der Waals surface area contributed by atoms with Gasteiger partial charge in [-0.3, -0.25) is 10.1 Å². The molecule has 1 heterocycles. The van der Waals surface area contributed by atoms with E-state index in [1.54, 1.807) is 0 Å². The van der Waals surface area contributed by atoms with E-state index >= 15 is 0 Å². The molecule has 0 atom stereocenters. The van der Waals surface area contributed by atoms with E-state index in [2.05, 4.69) is 15.3 Å². The minimum absolute atomic E-state index is 0.0161. The van der Waals surface area contributed by atoms with Gasteiger partial charge in [0.25, 0.3) is 0 Å². The SMILES string of the molecule is Nc1ncc([N+](=O)[O-])c(NCC2(CO)CCCC2)n1. The first-order valence-electron chi connectivity index (χ1n) is 6.18. The van der Waals surface area contributed by atoms with Gasteiger partial charge in [0, 0.05) is 12.0 Å². The molecule has 0 spiro atoms. The molecule has 0 radical (unpaired) electrons. The standard InChI is InChI=1S/C11H17N5O3/c12-10-13-5-8(16(18)19)9(15-10)14-6-11(7-17)3-1-2-4-11/h5,17H,1-4,6-7H2,(H3,12,13,14,15). The lowest BCUT2D eigenvalue weighted by Gasteiger charge is -2.26. The maximum Gasteiger partial charge on any atom is 0.329 e. The predicted octanol–water partition coefficient (Wildman–Crippen LogP) is 0.932. The molecular weight excluding hydrogens is 250 g/mol. The Hall–Kier alpha value is -1.96. The van der Waals surface area contributed by atoms with E-state index in [0.29, 0.717) is 6.54 Å². The fourth-order valence-electron chi connectivity index (χ4n) is 2.44. The van der Waals surface area contributed by atoms with Gasteiger partial charge in [-0.1, -0.05) is 12.8 Å². The van der Waals surface area contributed by atoms with E-state index < -0.39 is 4.92 Å². The summed E-state index contributed by atoms with van der Waals surface area (Å²) >= 11 is 0. The van der Waals surface area contributed by atoms with Gasteiger partial charge >= 0.3 is 5.69 Å². The van der Waals surface area contributed by atoms with Gasteiger partial charge in [-0.05, 0) is 12.8 Å². The third kappa shape index (κ3) is 2.90. The van der Waals surface area contributed by atoms with Crippen molar-refractivity contribution in [2.75, 3.05) is 24.2 Å². The number of nitrogens with zero attached hydrogens (tertiary/aromatic N) is 3. The molecule has 0 amide bonds. The summed E-state index contributed by atoms with van der Waals surface area (Å²) < 4.78 is 0. The number of nitrogen functional groups attached to an aromatic ring is 1. The van der Waals surface area contributed by atoms with Crippen LogP contribution >= 0.6 is 0 Å². The van der Waals surface area contributed by atoms with Crippen LogP contribution < -0.4 is 11.1 Å². The Kier molecular flexibility index (Phi) is 3.79. The van der Waals surface area contributed by atoms with Crippen LogP contribution in [0.3, 0.4) is 0 Å². The molecule has 0 unspecified atom stereocenters. The molecule has 8 nitrogen and oxygen atoms in total. The molecule has 1 aromatic heterocycles. The molecule has 1 saturated carbocycles. The topological polar surface area (TPSA) is 127 Å². The van der Waals surface area contributed by atoms with Crippen LogP contribution in [0, 0.1) is 15.5 Å². The summed E-state index contributed by atoms with van der Waals surface area (Å²) in [5.74, 6) is 0.0924. The van der Waals surface area contributed by atoms with Crippen LogP contribution in [0.15, 0.2) is 6.20 Å². The molecule has 4 N–H and O–H groups in total. The molecule has 8 heteroatoms. The summed E-state index contributed by atoms with van der Waals surface area (Å²) in [5.41, 5.74) is 5.02. The zero-order valence-electron chi connectivity index (χ0n) is 10.5. The van der Waals surface area contributed by atoms with Crippen molar-refractivity contribution in [1.82, 2.24) is 9.97 Å². The number of nitrogens with one attached hydrogen (secondary N) is 1. The molecule has 2 rings (SSSR count). The lowest BCUT2D eigenvalue weighted by atomic mass is 9.87. The van der Waals surface area contributed by atoms with Crippen LogP contribution in [0.2, 0.25) is 0 Å². The van der Waals surface area contributed by atoms with Gasteiger partial charge in [-0.25, -0.2) is 4.98 Å². The first-order valence-corrected chi connectivity index (χ1v) is 6.18. The van der Waals surface area contributed by atoms with Gasteiger partial charge < -0.3 is 16.2 Å². The second-order valence-corrected chi connectivity index (χ2v) is 4.94. The predicted molar refractivity (Wildman–Crippen MR) is 69.6 cm³/mol. The van der Waals surface area contributed by atoms with Gasteiger partial charge in [0.15, 0.2) is 0 Å². The number of aliphatic hydroxyl groups excluding tert-OH is 1. The Morgan fingerprint density at radius 1 is 1.53 bits per heavy atom. The van der Waals surface area contributed by atoms with E-state index in [1.165, 1.54) is 0 Å². The molecule has 0 bridgehead atoms. The van der Waals surface area contributed by atoms with Crippen LogP contribution in [0.25, 0.3) is 0 Å². The van der Waals surface area contributed by atoms with Gasteiger partial charge in [-0.15, -0.1) is 0 Å². The Bertz CT molecular complexity index is 473. The second kappa shape index (κ2) is 5.35. The number of aromatic nitrogens is 2. The summed E-state index contributed by atoms with van der Waals surface area (Å²) in [7, 11) is 0. The number of rotatable bonds is 5. The van der Waals surface area contributed by atoms with Gasteiger partial charge in [0.2, 0.25) is 11.8 Å². The number of hydrogen-bond acceptors (Lipinski definition) is 7. The van der Waals surface area contributed by atoms with E-state index in [4.69, 9.17) is 5.73 Å². The highest BCUT2D eigenvalue weighted by atomic mass is 16.6. The highest BCUT2D eigenvalue weighted by molar-refractivity contribution is 5.56. The Morgan fingerprint density at radius 3 is 2.79 bits per heavy atom. The third-order valence-corrected chi connectivity index (χ3v) is 3.62. The van der Waals surface area contributed by atoms with Gasteiger partial charge in [-0.2, -0.15) is 4.98 Å². The van der Waals surface area contributed by atoms with Crippen LogP contribution in [-0.4, -0.2) is 33.1 Å². The Balaban J connectivity index is 2.14. The van der Waals surface area contributed by atoms with Crippen molar-refractivity contribution < 1.29 is 10.0 Å². The summed E-state index contributed by atoms with van der Waals surface area (Å²) in [6, 6.07) is 0. The first kappa shape index (κ1) is 13.5. The zero-order chi connectivity index (χ0) is 13.9. The lowest BCUT2D eigenvalue weighted by Crippen LogP contribution is -2.31. The number of anilines is 2. The molecular formula is C11H17N5O3. The largest absolute Gasteiger partial charge is 0.396 e. The quantitative estimate of drug-likeness (QED) is 0.534. The van der Waals surface area contributed by atoms with Crippen LogP contribution in [0.5, 0.6) is 0 Å². The number of aliphatic hydroxyl groups is 1. The Morgan fingerprint density at radius 2 is 2.21 bits per heavy atom. The van der Waals surface area contributed by atoms with E-state index in [9.17, 15) is 15.2 Å². The van der Waals surface area contributed by atoms with Crippen molar-refractivity contribution in [1.29, 1.82) is 0 Å². The first-order chi connectivity index (χ1) is 9.06. The zero-order valence-corrected chi connectivity index (χ0v) is 10.5. The van der Waals surface area contributed by atoms with Crippen molar-refractivity contribution in [3.63, 3.8) is 0 Å². The molecule has 19 heavy (non-hydrogen) atoms.